The van der Waals surface area contributed by atoms with E-state index in [1.165, 1.54) is 31.3 Å². The monoisotopic (exact) mass is 358 g/mol. The number of likely N-dealkylation sites (N-methyl/N-ethyl adjacent to an activating group) is 1. The molecule has 9 heteroatoms. The van der Waals surface area contributed by atoms with E-state index in [4.69, 9.17) is 5.26 Å². The van der Waals surface area contributed by atoms with Gasteiger partial charge >= 0.3 is 0 Å². The molecule has 7 nitrogen and oxygen atoms in total. The third-order valence-corrected chi connectivity index (χ3v) is 5.34. The number of hydrogen-bond acceptors (Lipinski definition) is 5. The fourth-order valence-electron chi connectivity index (χ4n) is 2.17. The first-order valence-electron chi connectivity index (χ1n) is 6.90. The van der Waals surface area contributed by atoms with Crippen LogP contribution >= 0.6 is 12.4 Å². The van der Waals surface area contributed by atoms with Crippen molar-refractivity contribution in [3.8, 4) is 6.07 Å². The van der Waals surface area contributed by atoms with Crippen LogP contribution in [0, 0.1) is 11.3 Å². The maximum Gasteiger partial charge on any atom is 0.243 e. The molecule has 0 bridgehead atoms. The molecular weight excluding hydrogens is 340 g/mol. The first kappa shape index (κ1) is 19.4. The number of halogens is 1. The van der Waals surface area contributed by atoms with Crippen LogP contribution in [0.1, 0.15) is 5.56 Å². The summed E-state index contributed by atoms with van der Waals surface area (Å²) in [7, 11) is -2.35. The molecule has 1 aromatic rings. The molecule has 1 fully saturated rings. The predicted molar refractivity (Wildman–Crippen MR) is 87.7 cm³/mol. The van der Waals surface area contributed by atoms with E-state index in [1.54, 1.807) is 4.90 Å². The Morgan fingerprint density at radius 2 is 1.87 bits per heavy atom. The second-order valence-corrected chi connectivity index (χ2v) is 7.07. The Balaban J connectivity index is 0.00000264. The van der Waals surface area contributed by atoms with Gasteiger partial charge in [0.15, 0.2) is 0 Å². The van der Waals surface area contributed by atoms with Crippen LogP contribution < -0.4 is 5.32 Å². The molecule has 0 aliphatic carbocycles. The number of carbonyl (C=O) groups excluding carboxylic acids is 1. The minimum Gasteiger partial charge on any atom is -0.339 e. The highest BCUT2D eigenvalue weighted by molar-refractivity contribution is 7.89. The van der Waals surface area contributed by atoms with Crippen molar-refractivity contribution in [1.29, 1.82) is 5.26 Å². The Morgan fingerprint density at radius 3 is 2.39 bits per heavy atom. The zero-order valence-corrected chi connectivity index (χ0v) is 14.4. The van der Waals surface area contributed by atoms with Crippen molar-refractivity contribution < 1.29 is 13.2 Å². The second-order valence-electron chi connectivity index (χ2n) is 5.03. The van der Waals surface area contributed by atoms with E-state index in [0.717, 1.165) is 17.4 Å². The zero-order chi connectivity index (χ0) is 16.2. The van der Waals surface area contributed by atoms with Crippen LogP contribution in [0.2, 0.25) is 0 Å². The van der Waals surface area contributed by atoms with E-state index >= 15 is 0 Å². The fourth-order valence-corrected chi connectivity index (χ4v) is 3.29. The van der Waals surface area contributed by atoms with Gasteiger partial charge in [-0.05, 0) is 24.3 Å². The van der Waals surface area contributed by atoms with Crippen LogP contribution in [0.25, 0.3) is 0 Å². The summed E-state index contributed by atoms with van der Waals surface area (Å²) < 4.78 is 25.9. The Kier molecular flexibility index (Phi) is 6.97. The van der Waals surface area contributed by atoms with Gasteiger partial charge in [-0.15, -0.1) is 12.4 Å². The number of amides is 1. The maximum absolute atomic E-state index is 12.4. The summed E-state index contributed by atoms with van der Waals surface area (Å²) in [4.78, 5) is 13.9. The van der Waals surface area contributed by atoms with Crippen molar-refractivity contribution in [3.05, 3.63) is 29.8 Å². The van der Waals surface area contributed by atoms with E-state index < -0.39 is 10.0 Å². The number of sulfonamides is 1. The highest BCUT2D eigenvalue weighted by atomic mass is 35.5. The van der Waals surface area contributed by atoms with E-state index in [9.17, 15) is 13.2 Å². The van der Waals surface area contributed by atoms with Gasteiger partial charge in [-0.1, -0.05) is 0 Å². The molecule has 1 amide bonds. The number of nitriles is 1. The minimum absolute atomic E-state index is 0. The average Bonchev–Trinajstić information content (AvgIpc) is 2.55. The number of nitrogens with zero attached hydrogens (tertiary/aromatic N) is 3. The Labute approximate surface area is 142 Å². The van der Waals surface area contributed by atoms with Gasteiger partial charge in [-0.25, -0.2) is 8.42 Å². The van der Waals surface area contributed by atoms with Gasteiger partial charge in [0, 0.05) is 33.2 Å². The molecule has 0 unspecified atom stereocenters. The number of benzene rings is 1. The predicted octanol–water partition coefficient (Wildman–Crippen LogP) is 0.0324. The topological polar surface area (TPSA) is 93.5 Å². The van der Waals surface area contributed by atoms with E-state index in [1.807, 2.05) is 6.07 Å². The van der Waals surface area contributed by atoms with Gasteiger partial charge in [0.25, 0.3) is 0 Å². The third kappa shape index (κ3) is 4.65. The Bertz CT molecular complexity index is 679. The first-order chi connectivity index (χ1) is 10.4. The van der Waals surface area contributed by atoms with Crippen molar-refractivity contribution in [2.45, 2.75) is 4.90 Å². The lowest BCUT2D eigenvalue weighted by molar-refractivity contribution is -0.131. The molecule has 1 saturated heterocycles. The highest BCUT2D eigenvalue weighted by Gasteiger charge is 2.25. The van der Waals surface area contributed by atoms with E-state index in [2.05, 4.69) is 5.32 Å². The largest absolute Gasteiger partial charge is 0.339 e. The van der Waals surface area contributed by atoms with Gasteiger partial charge in [0.2, 0.25) is 15.9 Å². The van der Waals surface area contributed by atoms with Crippen molar-refractivity contribution in [2.24, 2.45) is 0 Å². The SMILES string of the molecule is CN(CC(=O)N1CCNCC1)S(=O)(=O)c1ccc(C#N)cc1.Cl. The van der Waals surface area contributed by atoms with E-state index in [-0.39, 0.29) is 29.8 Å². The molecule has 1 aliphatic rings. The highest BCUT2D eigenvalue weighted by Crippen LogP contribution is 2.15. The summed E-state index contributed by atoms with van der Waals surface area (Å²) in [5.41, 5.74) is 0.387. The lowest BCUT2D eigenvalue weighted by Gasteiger charge is -2.29. The van der Waals surface area contributed by atoms with Crippen molar-refractivity contribution in [1.82, 2.24) is 14.5 Å². The summed E-state index contributed by atoms with van der Waals surface area (Å²) in [5, 5.41) is 11.9. The zero-order valence-electron chi connectivity index (χ0n) is 12.7. The van der Waals surface area contributed by atoms with Gasteiger partial charge in [-0.2, -0.15) is 9.57 Å². The third-order valence-electron chi connectivity index (χ3n) is 3.52. The standard InChI is InChI=1S/C14H18N4O3S.ClH/c1-17(11-14(19)18-8-6-16-7-9-18)22(20,21)13-4-2-12(10-15)3-5-13;/h2-5,16H,6-9,11H2,1H3;1H. The lowest BCUT2D eigenvalue weighted by Crippen LogP contribution is -2.49. The van der Waals surface area contributed by atoms with Crippen LogP contribution in [0.15, 0.2) is 29.2 Å². The molecule has 0 atom stereocenters. The number of rotatable bonds is 4. The number of nitrogens with one attached hydrogen (secondary N) is 1. The van der Waals surface area contributed by atoms with Gasteiger partial charge in [0.1, 0.15) is 0 Å². The molecule has 0 spiro atoms. The quantitative estimate of drug-likeness (QED) is 0.819. The maximum atomic E-state index is 12.4. The molecule has 0 radical (unpaired) electrons. The van der Waals surface area contributed by atoms with Crippen molar-refractivity contribution in [3.63, 3.8) is 0 Å². The fraction of sp³-hybridized carbons (Fsp3) is 0.429. The number of piperazine rings is 1. The van der Waals surface area contributed by atoms with Crippen LogP contribution in [-0.4, -0.2) is 63.3 Å². The van der Waals surface area contributed by atoms with Crippen molar-refractivity contribution in [2.75, 3.05) is 39.8 Å². The normalized spacial score (nSPS) is 14.9. The van der Waals surface area contributed by atoms with E-state index in [0.29, 0.717) is 18.7 Å². The smallest absolute Gasteiger partial charge is 0.243 e. The molecule has 1 aromatic carbocycles. The molecular formula is C14H19ClN4O3S. The summed E-state index contributed by atoms with van der Waals surface area (Å²) >= 11 is 0. The Hall–Kier alpha value is -1.66. The van der Waals surface area contributed by atoms with Gasteiger partial charge < -0.3 is 10.2 Å². The number of hydrogen-bond donors (Lipinski definition) is 1. The average molecular weight is 359 g/mol. The molecule has 1 heterocycles. The molecule has 126 valence electrons. The van der Waals surface area contributed by atoms with Crippen molar-refractivity contribution >= 4 is 28.3 Å². The van der Waals surface area contributed by atoms with Gasteiger partial charge in [-0.3, -0.25) is 4.79 Å². The summed E-state index contributed by atoms with van der Waals surface area (Å²) in [6.07, 6.45) is 0. The minimum atomic E-state index is -3.74. The molecule has 0 saturated carbocycles. The second kappa shape index (κ2) is 8.26. The number of carbonyl (C=O) groups is 1. The van der Waals surface area contributed by atoms with Crippen LogP contribution in [-0.2, 0) is 14.8 Å². The van der Waals surface area contributed by atoms with Crippen LogP contribution in [0.5, 0.6) is 0 Å². The molecule has 23 heavy (non-hydrogen) atoms. The summed E-state index contributed by atoms with van der Waals surface area (Å²) in [5.74, 6) is -0.207. The molecule has 1 N–H and O–H groups in total. The molecule has 1 aliphatic heterocycles. The molecule has 0 aromatic heterocycles. The molecule has 2 rings (SSSR count). The van der Waals surface area contributed by atoms with Gasteiger partial charge in [0.05, 0.1) is 23.1 Å². The van der Waals surface area contributed by atoms with Crippen LogP contribution in [0.4, 0.5) is 0 Å². The lowest BCUT2D eigenvalue weighted by atomic mass is 10.2. The summed E-state index contributed by atoms with van der Waals surface area (Å²) in [6.45, 7) is 2.42. The van der Waals surface area contributed by atoms with Crippen LogP contribution in [0.3, 0.4) is 0 Å². The summed E-state index contributed by atoms with van der Waals surface area (Å²) in [6, 6.07) is 7.57. The Morgan fingerprint density at radius 1 is 1.30 bits per heavy atom. The first-order valence-corrected chi connectivity index (χ1v) is 8.34.